The Kier molecular flexibility index (Phi) is 6.05. The van der Waals surface area contributed by atoms with Gasteiger partial charge >= 0.3 is 6.18 Å². The van der Waals surface area contributed by atoms with E-state index in [9.17, 15) is 28.5 Å². The van der Waals surface area contributed by atoms with Gasteiger partial charge in [-0.05, 0) is 18.2 Å². The zero-order valence-corrected chi connectivity index (χ0v) is 16.3. The van der Waals surface area contributed by atoms with Crippen LogP contribution in [0.5, 0.6) is 0 Å². The van der Waals surface area contributed by atoms with Crippen molar-refractivity contribution in [2.45, 2.75) is 6.18 Å². The molecular weight excluding hydrogens is 441 g/mol. The maximum atomic E-state index is 13.0. The smallest absolute Gasteiger partial charge is 0.360 e. The number of nitro benzene ring substituents is 1. The zero-order valence-electron chi connectivity index (χ0n) is 14.8. The second-order valence-electron chi connectivity index (χ2n) is 5.85. The van der Waals surface area contributed by atoms with Crippen LogP contribution in [-0.2, 0) is 6.18 Å². The number of hydrogen-bond acceptors (Lipinski definition) is 6. The summed E-state index contributed by atoms with van der Waals surface area (Å²) in [6.07, 6.45) is -3.38. The molecule has 0 saturated carbocycles. The number of hydrogen-bond donors (Lipinski definition) is 1. The number of alkyl halides is 3. The van der Waals surface area contributed by atoms with E-state index in [1.165, 1.54) is 30.5 Å². The quantitative estimate of drug-likeness (QED) is 0.277. The van der Waals surface area contributed by atoms with Crippen molar-refractivity contribution in [1.82, 2.24) is 4.98 Å². The molecule has 0 aliphatic heterocycles. The van der Waals surface area contributed by atoms with Crippen LogP contribution in [0.2, 0.25) is 5.02 Å². The molecule has 0 fully saturated rings. The van der Waals surface area contributed by atoms with Gasteiger partial charge in [-0.2, -0.15) is 18.4 Å². The highest BCUT2D eigenvalue weighted by molar-refractivity contribution is 7.11. The van der Waals surface area contributed by atoms with E-state index in [1.54, 1.807) is 11.4 Å². The number of rotatable bonds is 5. The number of nitriles is 1. The van der Waals surface area contributed by atoms with E-state index < -0.39 is 21.7 Å². The number of nitrogens with zero attached hydrogens (tertiary/aromatic N) is 3. The highest BCUT2D eigenvalue weighted by Crippen LogP contribution is 2.36. The number of allylic oxidation sites excluding steroid dienone is 1. The van der Waals surface area contributed by atoms with E-state index >= 15 is 0 Å². The van der Waals surface area contributed by atoms with Crippen LogP contribution in [0.4, 0.5) is 24.5 Å². The van der Waals surface area contributed by atoms with Gasteiger partial charge in [0.25, 0.3) is 5.69 Å². The van der Waals surface area contributed by atoms with Gasteiger partial charge in [0.05, 0.1) is 21.2 Å². The lowest BCUT2D eigenvalue weighted by Crippen LogP contribution is -2.06. The summed E-state index contributed by atoms with van der Waals surface area (Å²) in [7, 11) is 0. The minimum atomic E-state index is -4.61. The molecule has 1 N–H and O–H groups in total. The predicted molar refractivity (Wildman–Crippen MR) is 108 cm³/mol. The van der Waals surface area contributed by atoms with Crippen molar-refractivity contribution in [2.75, 3.05) is 5.32 Å². The molecule has 30 heavy (non-hydrogen) atoms. The fraction of sp³-hybridized carbons (Fsp3) is 0.0526. The van der Waals surface area contributed by atoms with Crippen LogP contribution in [0, 0.1) is 21.4 Å². The SMILES string of the molecule is N#C/C(=C\Nc1ccc(Cl)c(C(F)(F)F)c1)c1nc(-c2cccc([N+](=O)[O-])c2)cs1. The van der Waals surface area contributed by atoms with E-state index in [1.807, 2.05) is 6.07 Å². The van der Waals surface area contributed by atoms with Crippen LogP contribution < -0.4 is 5.32 Å². The number of benzene rings is 2. The van der Waals surface area contributed by atoms with Gasteiger partial charge in [0.1, 0.15) is 16.6 Å². The summed E-state index contributed by atoms with van der Waals surface area (Å²) in [5.41, 5.74) is 0.0246. The van der Waals surface area contributed by atoms with Crippen LogP contribution in [0.3, 0.4) is 0 Å². The average Bonchev–Trinajstić information content (AvgIpc) is 3.19. The third-order valence-corrected chi connectivity index (χ3v) is 5.07. The number of nitrogens with one attached hydrogen (secondary N) is 1. The van der Waals surface area contributed by atoms with Gasteiger partial charge in [0, 0.05) is 35.0 Å². The molecule has 0 radical (unpaired) electrons. The highest BCUT2D eigenvalue weighted by Gasteiger charge is 2.33. The molecular formula is C19H10ClF3N4O2S. The van der Waals surface area contributed by atoms with Gasteiger partial charge < -0.3 is 5.32 Å². The topological polar surface area (TPSA) is 91.8 Å². The van der Waals surface area contributed by atoms with Crippen molar-refractivity contribution in [1.29, 1.82) is 5.26 Å². The first-order valence-corrected chi connectivity index (χ1v) is 9.39. The third-order valence-electron chi connectivity index (χ3n) is 3.86. The Labute approximate surface area is 177 Å². The van der Waals surface area contributed by atoms with Crippen LogP contribution in [0.1, 0.15) is 10.6 Å². The van der Waals surface area contributed by atoms with Crippen LogP contribution >= 0.6 is 22.9 Å². The predicted octanol–water partition coefficient (Wildman–Crippen LogP) is 6.37. The van der Waals surface area contributed by atoms with Crippen molar-refractivity contribution in [3.8, 4) is 17.3 Å². The second kappa shape index (κ2) is 8.52. The number of halogens is 4. The molecule has 0 unspecified atom stereocenters. The van der Waals surface area contributed by atoms with Gasteiger partial charge in [-0.15, -0.1) is 11.3 Å². The molecule has 0 spiro atoms. The Balaban J connectivity index is 1.86. The lowest BCUT2D eigenvalue weighted by Gasteiger charge is -2.10. The molecule has 0 aliphatic rings. The molecule has 3 aromatic rings. The zero-order chi connectivity index (χ0) is 21.9. The second-order valence-corrected chi connectivity index (χ2v) is 7.12. The third kappa shape index (κ3) is 4.76. The largest absolute Gasteiger partial charge is 0.417 e. The van der Waals surface area contributed by atoms with Crippen LogP contribution in [0.15, 0.2) is 54.0 Å². The summed E-state index contributed by atoms with van der Waals surface area (Å²) in [4.78, 5) is 14.7. The van der Waals surface area contributed by atoms with Gasteiger partial charge in [0.2, 0.25) is 0 Å². The first-order valence-electron chi connectivity index (χ1n) is 8.13. The monoisotopic (exact) mass is 450 g/mol. The molecule has 152 valence electrons. The maximum Gasteiger partial charge on any atom is 0.417 e. The summed E-state index contributed by atoms with van der Waals surface area (Å²) >= 11 is 6.72. The lowest BCUT2D eigenvalue weighted by molar-refractivity contribution is -0.384. The molecule has 0 saturated heterocycles. The van der Waals surface area contributed by atoms with Gasteiger partial charge in [-0.1, -0.05) is 23.7 Å². The fourth-order valence-electron chi connectivity index (χ4n) is 2.44. The molecule has 11 heteroatoms. The first kappa shape index (κ1) is 21.3. The molecule has 6 nitrogen and oxygen atoms in total. The number of nitro groups is 1. The lowest BCUT2D eigenvalue weighted by atomic mass is 10.1. The average molecular weight is 451 g/mol. The Morgan fingerprint density at radius 1 is 1.30 bits per heavy atom. The van der Waals surface area contributed by atoms with Crippen LogP contribution in [-0.4, -0.2) is 9.91 Å². The maximum absolute atomic E-state index is 13.0. The van der Waals surface area contributed by atoms with Crippen molar-refractivity contribution in [3.63, 3.8) is 0 Å². The summed E-state index contributed by atoms with van der Waals surface area (Å²) in [6, 6.07) is 11.1. The molecule has 3 rings (SSSR count). The Morgan fingerprint density at radius 3 is 2.73 bits per heavy atom. The summed E-state index contributed by atoms with van der Waals surface area (Å²) in [5, 5.41) is 24.5. The number of non-ortho nitro benzene ring substituents is 1. The first-order chi connectivity index (χ1) is 14.2. The summed E-state index contributed by atoms with van der Waals surface area (Å²) in [5.74, 6) is 0. The molecule has 0 bridgehead atoms. The van der Waals surface area contributed by atoms with Crippen molar-refractivity contribution in [3.05, 3.63) is 79.8 Å². The Hall–Kier alpha value is -3.42. The normalized spacial score (nSPS) is 11.8. The van der Waals surface area contributed by atoms with E-state index in [2.05, 4.69) is 10.3 Å². The molecule has 1 aromatic heterocycles. The van der Waals surface area contributed by atoms with E-state index in [0.717, 1.165) is 23.5 Å². The number of anilines is 1. The van der Waals surface area contributed by atoms with Gasteiger partial charge in [0.15, 0.2) is 0 Å². The highest BCUT2D eigenvalue weighted by atomic mass is 35.5. The Bertz CT molecular complexity index is 1190. The standard InChI is InChI=1S/C19H10ClF3N4O2S/c20-16-5-4-13(7-15(16)19(21,22)23)25-9-12(8-24)18-26-17(10-30-18)11-2-1-3-14(6-11)27(28)29/h1-7,9-10,25H/b12-9+. The number of aromatic nitrogens is 1. The molecule has 0 aliphatic carbocycles. The van der Waals surface area contributed by atoms with Crippen molar-refractivity contribution >= 4 is 39.9 Å². The van der Waals surface area contributed by atoms with E-state index in [4.69, 9.17) is 11.6 Å². The molecule has 0 amide bonds. The fourth-order valence-corrected chi connectivity index (χ4v) is 3.46. The summed E-state index contributed by atoms with van der Waals surface area (Å²) < 4.78 is 38.9. The van der Waals surface area contributed by atoms with Gasteiger partial charge in [-0.25, -0.2) is 4.98 Å². The van der Waals surface area contributed by atoms with E-state index in [-0.39, 0.29) is 16.9 Å². The number of thiazole rings is 1. The molecule has 0 atom stereocenters. The molecule has 2 aromatic carbocycles. The minimum Gasteiger partial charge on any atom is -0.360 e. The van der Waals surface area contributed by atoms with Gasteiger partial charge in [-0.3, -0.25) is 10.1 Å². The van der Waals surface area contributed by atoms with Crippen LogP contribution in [0.25, 0.3) is 16.8 Å². The van der Waals surface area contributed by atoms with Crippen molar-refractivity contribution < 1.29 is 18.1 Å². The van der Waals surface area contributed by atoms with Crippen molar-refractivity contribution in [2.24, 2.45) is 0 Å². The Morgan fingerprint density at radius 2 is 2.07 bits per heavy atom. The minimum absolute atomic E-state index is 0.0835. The molecule has 1 heterocycles. The van der Waals surface area contributed by atoms with E-state index in [0.29, 0.717) is 16.3 Å². The summed E-state index contributed by atoms with van der Waals surface area (Å²) in [6.45, 7) is 0.